The van der Waals surface area contributed by atoms with Crippen molar-refractivity contribution in [1.29, 1.82) is 0 Å². The van der Waals surface area contributed by atoms with Crippen LogP contribution >= 0.6 is 0 Å². The third-order valence-corrected chi connectivity index (χ3v) is 4.52. The van der Waals surface area contributed by atoms with E-state index in [-0.39, 0.29) is 11.1 Å². The van der Waals surface area contributed by atoms with Gasteiger partial charge < -0.3 is 9.30 Å². The summed E-state index contributed by atoms with van der Waals surface area (Å²) in [6, 6.07) is 8.46. The lowest BCUT2D eigenvalue weighted by Gasteiger charge is -2.10. The topological polar surface area (TPSA) is 94.5 Å². The molecule has 27 heavy (non-hydrogen) atoms. The van der Waals surface area contributed by atoms with E-state index in [2.05, 4.69) is 5.32 Å². The number of esters is 1. The smallest absolute Gasteiger partial charge is 0.308 e. The maximum absolute atomic E-state index is 12.5. The van der Waals surface area contributed by atoms with Gasteiger partial charge in [0.05, 0.1) is 11.1 Å². The van der Waals surface area contributed by atoms with E-state index in [0.717, 1.165) is 0 Å². The fourth-order valence-electron chi connectivity index (χ4n) is 3.48. The number of nitrogens with zero attached hydrogens (tertiary/aromatic N) is 1. The highest BCUT2D eigenvalue weighted by Crippen LogP contribution is 2.38. The first-order chi connectivity index (χ1) is 12.9. The van der Waals surface area contributed by atoms with Gasteiger partial charge in [-0.3, -0.25) is 24.5 Å². The number of hydrogen-bond donors (Lipinski definition) is 1. The fraction of sp³-hybridized carbons (Fsp3) is 0.100. The van der Waals surface area contributed by atoms with Gasteiger partial charge in [-0.15, -0.1) is 0 Å². The average molecular weight is 362 g/mol. The highest BCUT2D eigenvalue weighted by atomic mass is 16.5. The van der Waals surface area contributed by atoms with Crippen LogP contribution in [0, 0.1) is 0 Å². The molecule has 0 fully saturated rings. The lowest BCUT2D eigenvalue weighted by molar-refractivity contribution is -0.131. The van der Waals surface area contributed by atoms with Crippen LogP contribution in [0.25, 0.3) is 22.0 Å². The molecule has 7 nitrogen and oxygen atoms in total. The molecule has 0 spiro atoms. The van der Waals surface area contributed by atoms with Crippen molar-refractivity contribution < 1.29 is 23.9 Å². The monoisotopic (exact) mass is 362 g/mol. The van der Waals surface area contributed by atoms with Crippen molar-refractivity contribution >= 4 is 35.0 Å². The van der Waals surface area contributed by atoms with Gasteiger partial charge in [-0.1, -0.05) is 12.1 Å². The van der Waals surface area contributed by atoms with Crippen molar-refractivity contribution in [3.63, 3.8) is 0 Å². The van der Waals surface area contributed by atoms with E-state index in [4.69, 9.17) is 4.74 Å². The molecule has 0 radical (unpaired) electrons. The second kappa shape index (κ2) is 5.91. The third-order valence-electron chi connectivity index (χ3n) is 4.52. The van der Waals surface area contributed by atoms with Crippen molar-refractivity contribution in [2.75, 3.05) is 0 Å². The average Bonchev–Trinajstić information content (AvgIpc) is 3.10. The number of aromatic nitrogens is 1. The van der Waals surface area contributed by atoms with E-state index in [1.54, 1.807) is 48.1 Å². The standard InChI is InChI=1S/C20H14N2O5/c1-10(24)27-13-5-3-4-11(6-13)14-7-15-16(12(9-23)8-22(15)2)18-17(14)19(25)21-20(18)26/h3-9H,1-2H3,(H,21,25,26). The molecule has 4 rings (SSSR count). The number of ether oxygens (including phenoxy) is 1. The molecule has 1 aliphatic heterocycles. The number of amides is 2. The van der Waals surface area contributed by atoms with Crippen LogP contribution in [0.15, 0.2) is 36.5 Å². The molecule has 3 aromatic rings. The van der Waals surface area contributed by atoms with E-state index in [0.29, 0.717) is 39.6 Å². The number of aldehydes is 1. The number of rotatable bonds is 3. The number of nitrogens with one attached hydrogen (secondary N) is 1. The van der Waals surface area contributed by atoms with Gasteiger partial charge in [-0.25, -0.2) is 0 Å². The minimum absolute atomic E-state index is 0.188. The molecule has 134 valence electrons. The van der Waals surface area contributed by atoms with Crippen LogP contribution in [0.3, 0.4) is 0 Å². The number of carbonyl (C=O) groups excluding carboxylic acids is 4. The number of fused-ring (bicyclic) bond motifs is 3. The van der Waals surface area contributed by atoms with Crippen LogP contribution in [-0.2, 0) is 11.8 Å². The van der Waals surface area contributed by atoms with E-state index in [1.807, 2.05) is 0 Å². The van der Waals surface area contributed by atoms with Gasteiger partial charge >= 0.3 is 5.97 Å². The van der Waals surface area contributed by atoms with Crippen LogP contribution in [0.5, 0.6) is 5.75 Å². The molecule has 0 aliphatic carbocycles. The number of imide groups is 1. The summed E-state index contributed by atoms with van der Waals surface area (Å²) >= 11 is 0. The minimum Gasteiger partial charge on any atom is -0.427 e. The predicted molar refractivity (Wildman–Crippen MR) is 96.8 cm³/mol. The Hall–Kier alpha value is -3.74. The summed E-state index contributed by atoms with van der Waals surface area (Å²) in [7, 11) is 1.76. The highest BCUT2D eigenvalue weighted by Gasteiger charge is 2.34. The van der Waals surface area contributed by atoms with Gasteiger partial charge in [0.1, 0.15) is 5.75 Å². The van der Waals surface area contributed by atoms with Crippen LogP contribution in [-0.4, -0.2) is 28.6 Å². The SMILES string of the molecule is CC(=O)Oc1cccc(-c2cc3c(c(C=O)cn3C)c3c2C(=O)NC3=O)c1. The number of aryl methyl sites for hydroxylation is 1. The van der Waals surface area contributed by atoms with Gasteiger partial charge in [0.2, 0.25) is 0 Å². The summed E-state index contributed by atoms with van der Waals surface area (Å²) < 4.78 is 6.85. The Labute approximate surface area is 153 Å². The van der Waals surface area contributed by atoms with E-state index >= 15 is 0 Å². The Balaban J connectivity index is 2.06. The van der Waals surface area contributed by atoms with Gasteiger partial charge in [0, 0.05) is 36.6 Å². The van der Waals surface area contributed by atoms with Crippen LogP contribution in [0.2, 0.25) is 0 Å². The Morgan fingerprint density at radius 3 is 2.59 bits per heavy atom. The normalized spacial score (nSPS) is 12.8. The Morgan fingerprint density at radius 1 is 1.15 bits per heavy atom. The molecule has 1 aliphatic rings. The summed E-state index contributed by atoms with van der Waals surface area (Å²) in [5, 5.41) is 2.75. The Bertz CT molecular complexity index is 1170. The van der Waals surface area contributed by atoms with Crippen molar-refractivity contribution in [3.8, 4) is 16.9 Å². The first-order valence-corrected chi connectivity index (χ1v) is 8.16. The van der Waals surface area contributed by atoms with Crippen molar-refractivity contribution in [2.45, 2.75) is 6.92 Å². The van der Waals surface area contributed by atoms with Crippen LogP contribution < -0.4 is 10.1 Å². The molecule has 0 bridgehead atoms. The molecule has 2 aromatic carbocycles. The summed E-state index contributed by atoms with van der Waals surface area (Å²) in [5.74, 6) is -1.18. The number of benzene rings is 2. The Kier molecular flexibility index (Phi) is 3.66. The number of hydrogen-bond acceptors (Lipinski definition) is 5. The van der Waals surface area contributed by atoms with E-state index in [9.17, 15) is 19.2 Å². The molecule has 0 unspecified atom stereocenters. The largest absolute Gasteiger partial charge is 0.427 e. The molecule has 2 heterocycles. The quantitative estimate of drug-likeness (QED) is 0.334. The second-order valence-electron chi connectivity index (χ2n) is 6.29. The predicted octanol–water partition coefficient (Wildman–Crippen LogP) is 2.47. The number of carbonyl (C=O) groups is 4. The summed E-state index contributed by atoms with van der Waals surface area (Å²) in [4.78, 5) is 47.6. The third kappa shape index (κ3) is 2.52. The molecule has 7 heteroatoms. The minimum atomic E-state index is -0.535. The summed E-state index contributed by atoms with van der Waals surface area (Å²) in [6.07, 6.45) is 2.28. The molecule has 1 aromatic heterocycles. The molecule has 0 saturated heterocycles. The van der Waals surface area contributed by atoms with E-state index in [1.165, 1.54) is 6.92 Å². The first kappa shape index (κ1) is 16.7. The molecule has 0 atom stereocenters. The molecule has 2 amide bonds. The zero-order valence-electron chi connectivity index (χ0n) is 14.5. The fourth-order valence-corrected chi connectivity index (χ4v) is 3.48. The molecule has 0 saturated carbocycles. The second-order valence-corrected chi connectivity index (χ2v) is 6.29. The zero-order valence-corrected chi connectivity index (χ0v) is 14.5. The van der Waals surface area contributed by atoms with Crippen LogP contribution in [0.1, 0.15) is 38.0 Å². The van der Waals surface area contributed by atoms with Crippen LogP contribution in [0.4, 0.5) is 0 Å². The summed E-state index contributed by atoms with van der Waals surface area (Å²) in [6.45, 7) is 1.30. The zero-order chi connectivity index (χ0) is 19.3. The van der Waals surface area contributed by atoms with Crippen molar-refractivity contribution in [2.24, 2.45) is 7.05 Å². The van der Waals surface area contributed by atoms with Gasteiger partial charge in [-0.2, -0.15) is 0 Å². The van der Waals surface area contributed by atoms with Gasteiger partial charge in [0.15, 0.2) is 6.29 Å². The molecular weight excluding hydrogens is 348 g/mol. The van der Waals surface area contributed by atoms with E-state index < -0.39 is 17.8 Å². The highest BCUT2D eigenvalue weighted by molar-refractivity contribution is 6.30. The van der Waals surface area contributed by atoms with Gasteiger partial charge in [-0.05, 0) is 29.3 Å². The molecular formula is C20H14N2O5. The maximum Gasteiger partial charge on any atom is 0.308 e. The molecule has 1 N–H and O–H groups in total. The first-order valence-electron chi connectivity index (χ1n) is 8.16. The van der Waals surface area contributed by atoms with Crippen molar-refractivity contribution in [3.05, 3.63) is 53.2 Å². The Morgan fingerprint density at radius 2 is 1.89 bits per heavy atom. The maximum atomic E-state index is 12.5. The lowest BCUT2D eigenvalue weighted by Crippen LogP contribution is -2.20. The summed E-state index contributed by atoms with van der Waals surface area (Å²) in [5.41, 5.74) is 2.52. The van der Waals surface area contributed by atoms with Crippen molar-refractivity contribution in [1.82, 2.24) is 9.88 Å². The van der Waals surface area contributed by atoms with Gasteiger partial charge in [0.25, 0.3) is 11.8 Å². The lowest BCUT2D eigenvalue weighted by atomic mass is 9.92.